The third-order valence-electron chi connectivity index (χ3n) is 4.72. The van der Waals surface area contributed by atoms with Gasteiger partial charge >= 0.3 is 0 Å². The maximum absolute atomic E-state index is 12.7. The molecule has 3 N–H and O–H groups in total. The third-order valence-corrected chi connectivity index (χ3v) is 4.72. The summed E-state index contributed by atoms with van der Waals surface area (Å²) in [6, 6.07) is 14.2. The molecule has 0 heterocycles. The van der Waals surface area contributed by atoms with Crippen LogP contribution in [-0.4, -0.2) is 31.8 Å². The van der Waals surface area contributed by atoms with Crippen LogP contribution in [0.4, 0.5) is 22.7 Å². The smallest absolute Gasteiger partial charge is 0.240 e. The Morgan fingerprint density at radius 3 is 1.50 bits per heavy atom. The SMILES string of the molecule is CC(=O)Nc1ccc(NC(=O)C2(C(=O)Nc3ccc(N(C)C)cc3)CC2)cc1. The molecular formula is C21H24N4O3. The highest BCUT2D eigenvalue weighted by Gasteiger charge is 2.56. The van der Waals surface area contributed by atoms with Gasteiger partial charge in [-0.3, -0.25) is 14.4 Å². The first-order valence-electron chi connectivity index (χ1n) is 9.08. The number of amides is 3. The van der Waals surface area contributed by atoms with Gasteiger partial charge in [0, 0.05) is 43.8 Å². The van der Waals surface area contributed by atoms with Gasteiger partial charge in [0.1, 0.15) is 5.41 Å². The van der Waals surface area contributed by atoms with Crippen molar-refractivity contribution in [2.24, 2.45) is 5.41 Å². The van der Waals surface area contributed by atoms with Crippen LogP contribution in [0.15, 0.2) is 48.5 Å². The molecular weight excluding hydrogens is 356 g/mol. The molecule has 1 aliphatic carbocycles. The molecule has 0 radical (unpaired) electrons. The van der Waals surface area contributed by atoms with E-state index in [0.717, 1.165) is 5.69 Å². The second-order valence-electron chi connectivity index (χ2n) is 7.19. The molecule has 0 spiro atoms. The minimum atomic E-state index is -1.03. The molecule has 0 bridgehead atoms. The standard InChI is InChI=1S/C21H24N4O3/c1-14(26)22-15-4-6-16(7-5-15)23-19(27)21(12-13-21)20(28)24-17-8-10-18(11-9-17)25(2)3/h4-11H,12-13H2,1-3H3,(H,22,26)(H,23,27)(H,24,28). The molecule has 2 aromatic carbocycles. The van der Waals surface area contributed by atoms with Crippen LogP contribution in [0.1, 0.15) is 19.8 Å². The molecule has 0 aliphatic heterocycles. The lowest BCUT2D eigenvalue weighted by Gasteiger charge is -2.17. The summed E-state index contributed by atoms with van der Waals surface area (Å²) in [5.74, 6) is -0.774. The van der Waals surface area contributed by atoms with Crippen molar-refractivity contribution in [1.82, 2.24) is 0 Å². The van der Waals surface area contributed by atoms with E-state index in [9.17, 15) is 14.4 Å². The molecule has 146 valence electrons. The Labute approximate surface area is 164 Å². The van der Waals surface area contributed by atoms with Crippen molar-refractivity contribution < 1.29 is 14.4 Å². The Hall–Kier alpha value is -3.35. The average molecular weight is 380 g/mol. The van der Waals surface area contributed by atoms with E-state index in [1.807, 2.05) is 43.3 Å². The van der Waals surface area contributed by atoms with E-state index in [4.69, 9.17) is 0 Å². The van der Waals surface area contributed by atoms with E-state index in [1.54, 1.807) is 24.3 Å². The Morgan fingerprint density at radius 1 is 0.750 bits per heavy atom. The van der Waals surface area contributed by atoms with E-state index in [0.29, 0.717) is 29.9 Å². The van der Waals surface area contributed by atoms with Crippen molar-refractivity contribution in [3.63, 3.8) is 0 Å². The second-order valence-corrected chi connectivity index (χ2v) is 7.19. The van der Waals surface area contributed by atoms with Crippen LogP contribution in [0, 0.1) is 5.41 Å². The topological polar surface area (TPSA) is 90.5 Å². The molecule has 1 fully saturated rings. The molecule has 28 heavy (non-hydrogen) atoms. The van der Waals surface area contributed by atoms with Gasteiger partial charge in [-0.25, -0.2) is 0 Å². The van der Waals surface area contributed by atoms with Gasteiger partial charge in [-0.1, -0.05) is 0 Å². The van der Waals surface area contributed by atoms with Gasteiger partial charge in [-0.15, -0.1) is 0 Å². The molecule has 1 saturated carbocycles. The highest BCUT2D eigenvalue weighted by Crippen LogP contribution is 2.47. The van der Waals surface area contributed by atoms with E-state index >= 15 is 0 Å². The van der Waals surface area contributed by atoms with E-state index in [1.165, 1.54) is 6.92 Å². The summed E-state index contributed by atoms with van der Waals surface area (Å²) >= 11 is 0. The monoisotopic (exact) mass is 380 g/mol. The zero-order valence-corrected chi connectivity index (χ0v) is 16.2. The summed E-state index contributed by atoms with van der Waals surface area (Å²) in [6.07, 6.45) is 1.04. The predicted molar refractivity (Wildman–Crippen MR) is 110 cm³/mol. The van der Waals surface area contributed by atoms with Crippen LogP contribution in [0.2, 0.25) is 0 Å². The molecule has 1 aliphatic rings. The van der Waals surface area contributed by atoms with Crippen LogP contribution in [0.5, 0.6) is 0 Å². The van der Waals surface area contributed by atoms with Crippen LogP contribution in [0.25, 0.3) is 0 Å². The van der Waals surface area contributed by atoms with Crippen LogP contribution in [0.3, 0.4) is 0 Å². The van der Waals surface area contributed by atoms with Gasteiger partial charge in [0.2, 0.25) is 17.7 Å². The lowest BCUT2D eigenvalue weighted by Crippen LogP contribution is -2.35. The van der Waals surface area contributed by atoms with Crippen LogP contribution >= 0.6 is 0 Å². The minimum absolute atomic E-state index is 0.163. The first kappa shape index (κ1) is 19.4. The van der Waals surface area contributed by atoms with E-state index in [-0.39, 0.29) is 17.7 Å². The Morgan fingerprint density at radius 2 is 1.14 bits per heavy atom. The van der Waals surface area contributed by atoms with Crippen LogP contribution < -0.4 is 20.9 Å². The normalized spacial score (nSPS) is 14.0. The number of benzene rings is 2. The Bertz CT molecular complexity index is 885. The van der Waals surface area contributed by atoms with Crippen molar-refractivity contribution in [3.05, 3.63) is 48.5 Å². The predicted octanol–water partition coefficient (Wildman–Crippen LogP) is 3.07. The van der Waals surface area contributed by atoms with Crippen molar-refractivity contribution in [2.45, 2.75) is 19.8 Å². The fourth-order valence-corrected chi connectivity index (χ4v) is 2.87. The summed E-state index contributed by atoms with van der Waals surface area (Å²) < 4.78 is 0. The zero-order valence-electron chi connectivity index (χ0n) is 16.2. The lowest BCUT2D eigenvalue weighted by atomic mass is 10.0. The highest BCUT2D eigenvalue weighted by atomic mass is 16.2. The number of hydrogen-bond acceptors (Lipinski definition) is 4. The third kappa shape index (κ3) is 4.31. The summed E-state index contributed by atoms with van der Waals surface area (Å²) in [5, 5.41) is 8.30. The maximum Gasteiger partial charge on any atom is 0.240 e. The second kappa shape index (κ2) is 7.72. The number of anilines is 4. The average Bonchev–Trinajstić information content (AvgIpc) is 3.45. The van der Waals surface area contributed by atoms with Gasteiger partial charge in [0.05, 0.1) is 0 Å². The van der Waals surface area contributed by atoms with Gasteiger partial charge in [0.15, 0.2) is 0 Å². The first-order chi connectivity index (χ1) is 13.3. The fraction of sp³-hybridized carbons (Fsp3) is 0.286. The van der Waals surface area contributed by atoms with Gasteiger partial charge < -0.3 is 20.9 Å². The van der Waals surface area contributed by atoms with Crippen molar-refractivity contribution in [3.8, 4) is 0 Å². The van der Waals surface area contributed by atoms with E-state index < -0.39 is 5.41 Å². The number of nitrogens with zero attached hydrogens (tertiary/aromatic N) is 1. The van der Waals surface area contributed by atoms with E-state index in [2.05, 4.69) is 16.0 Å². The molecule has 7 heteroatoms. The quantitative estimate of drug-likeness (QED) is 0.672. The van der Waals surface area contributed by atoms with Gasteiger partial charge in [-0.05, 0) is 61.4 Å². The van der Waals surface area contributed by atoms with Crippen molar-refractivity contribution in [1.29, 1.82) is 0 Å². The number of nitrogens with one attached hydrogen (secondary N) is 3. The van der Waals surface area contributed by atoms with Crippen LogP contribution in [-0.2, 0) is 14.4 Å². The molecule has 0 unspecified atom stereocenters. The fourth-order valence-electron chi connectivity index (χ4n) is 2.87. The largest absolute Gasteiger partial charge is 0.378 e. The van der Waals surface area contributed by atoms with Gasteiger partial charge in [-0.2, -0.15) is 0 Å². The summed E-state index contributed by atoms with van der Waals surface area (Å²) in [4.78, 5) is 38.4. The van der Waals surface area contributed by atoms with Crippen molar-refractivity contribution >= 4 is 40.5 Å². The Kier molecular flexibility index (Phi) is 5.35. The molecule has 7 nitrogen and oxygen atoms in total. The molecule has 0 saturated heterocycles. The highest BCUT2D eigenvalue weighted by molar-refractivity contribution is 6.17. The number of rotatable bonds is 6. The first-order valence-corrected chi connectivity index (χ1v) is 9.08. The Balaban J connectivity index is 1.62. The number of carbonyl (C=O) groups excluding carboxylic acids is 3. The number of hydrogen-bond donors (Lipinski definition) is 3. The summed E-state index contributed by atoms with van der Waals surface area (Å²) in [7, 11) is 3.89. The summed E-state index contributed by atoms with van der Waals surface area (Å²) in [5.41, 5.74) is 1.88. The molecule has 3 rings (SSSR count). The zero-order chi connectivity index (χ0) is 20.3. The summed E-state index contributed by atoms with van der Waals surface area (Å²) in [6.45, 7) is 1.43. The molecule has 0 aromatic heterocycles. The molecule has 0 atom stereocenters. The lowest BCUT2D eigenvalue weighted by molar-refractivity contribution is -0.131. The van der Waals surface area contributed by atoms with Crippen molar-refractivity contribution in [2.75, 3.05) is 34.9 Å². The maximum atomic E-state index is 12.7. The molecule has 3 amide bonds. The number of carbonyl (C=O) groups is 3. The van der Waals surface area contributed by atoms with Gasteiger partial charge in [0.25, 0.3) is 0 Å². The molecule has 2 aromatic rings. The minimum Gasteiger partial charge on any atom is -0.378 e.